The molecule has 1 aromatic carbocycles. The lowest BCUT2D eigenvalue weighted by molar-refractivity contribution is 0.597. The smallest absolute Gasteiger partial charge is 0.137 e. The molecule has 4 rings (SSSR count). The third-order valence-electron chi connectivity index (χ3n) is 4.22. The van der Waals surface area contributed by atoms with Crippen molar-refractivity contribution in [1.82, 2.24) is 15.0 Å². The number of anilines is 2. The van der Waals surface area contributed by atoms with Crippen LogP contribution < -0.4 is 11.1 Å². The molecule has 23 heavy (non-hydrogen) atoms. The van der Waals surface area contributed by atoms with Crippen molar-refractivity contribution in [2.75, 3.05) is 11.1 Å². The largest absolute Gasteiger partial charge is 0.397 e. The average molecular weight is 326 g/mol. The van der Waals surface area contributed by atoms with E-state index in [1.54, 1.807) is 12.5 Å². The summed E-state index contributed by atoms with van der Waals surface area (Å²) in [5.41, 5.74) is 9.75. The zero-order valence-electron chi connectivity index (χ0n) is 12.5. The van der Waals surface area contributed by atoms with Crippen LogP contribution in [0, 0.1) is 0 Å². The number of nitrogens with one attached hydrogen (secondary N) is 1. The number of benzene rings is 1. The Morgan fingerprint density at radius 3 is 3.00 bits per heavy atom. The third-order valence-corrected chi connectivity index (χ3v) is 4.46. The molecule has 0 radical (unpaired) electrons. The molecule has 0 amide bonds. The molecular weight excluding hydrogens is 310 g/mol. The second kappa shape index (κ2) is 5.66. The molecule has 116 valence electrons. The maximum atomic E-state index is 6.03. The molecule has 1 unspecified atom stereocenters. The second-order valence-corrected chi connectivity index (χ2v) is 6.28. The molecule has 1 aliphatic carbocycles. The van der Waals surface area contributed by atoms with E-state index in [2.05, 4.69) is 20.3 Å². The molecule has 2 aromatic heterocycles. The number of aryl methyl sites for hydroxylation is 1. The van der Waals surface area contributed by atoms with Crippen LogP contribution in [0.25, 0.3) is 10.9 Å². The second-order valence-electron chi connectivity index (χ2n) is 5.84. The molecule has 0 bridgehead atoms. The van der Waals surface area contributed by atoms with Crippen LogP contribution in [0.1, 0.15) is 17.7 Å². The summed E-state index contributed by atoms with van der Waals surface area (Å²) in [6.07, 6.45) is 6.16. The highest BCUT2D eigenvalue weighted by atomic mass is 35.5. The van der Waals surface area contributed by atoms with Crippen molar-refractivity contribution in [3.05, 3.63) is 53.1 Å². The Bertz CT molecular complexity index is 880. The van der Waals surface area contributed by atoms with Crippen molar-refractivity contribution in [3.8, 4) is 0 Å². The van der Waals surface area contributed by atoms with Gasteiger partial charge in [0.05, 0.1) is 17.4 Å². The Morgan fingerprint density at radius 2 is 2.09 bits per heavy atom. The van der Waals surface area contributed by atoms with E-state index in [1.807, 2.05) is 24.3 Å². The molecule has 0 fully saturated rings. The lowest BCUT2D eigenvalue weighted by atomic mass is 9.91. The van der Waals surface area contributed by atoms with Crippen molar-refractivity contribution in [2.24, 2.45) is 0 Å². The van der Waals surface area contributed by atoms with E-state index in [-0.39, 0.29) is 0 Å². The molecule has 1 atom stereocenters. The first-order valence-corrected chi connectivity index (χ1v) is 7.97. The van der Waals surface area contributed by atoms with Crippen molar-refractivity contribution in [3.63, 3.8) is 0 Å². The van der Waals surface area contributed by atoms with Gasteiger partial charge in [0.2, 0.25) is 0 Å². The summed E-state index contributed by atoms with van der Waals surface area (Å²) in [5, 5.41) is 5.19. The van der Waals surface area contributed by atoms with Crippen LogP contribution in [-0.2, 0) is 12.8 Å². The molecule has 0 spiro atoms. The van der Waals surface area contributed by atoms with E-state index in [0.717, 1.165) is 47.4 Å². The number of hydrogen-bond acceptors (Lipinski definition) is 5. The highest BCUT2D eigenvalue weighted by Crippen LogP contribution is 2.27. The highest BCUT2D eigenvalue weighted by molar-refractivity contribution is 6.31. The maximum absolute atomic E-state index is 6.03. The van der Waals surface area contributed by atoms with Crippen molar-refractivity contribution in [1.29, 1.82) is 0 Å². The number of halogens is 1. The van der Waals surface area contributed by atoms with Gasteiger partial charge in [-0.1, -0.05) is 11.6 Å². The van der Waals surface area contributed by atoms with Gasteiger partial charge in [-0.3, -0.25) is 4.98 Å². The Labute approximate surface area is 138 Å². The Balaban J connectivity index is 1.61. The predicted molar refractivity (Wildman–Crippen MR) is 92.6 cm³/mol. The molecule has 1 aliphatic rings. The number of nitrogens with two attached hydrogens (primary N) is 1. The molecule has 6 heteroatoms. The Hall–Kier alpha value is -2.40. The van der Waals surface area contributed by atoms with Crippen LogP contribution in [0.5, 0.6) is 0 Å². The summed E-state index contributed by atoms with van der Waals surface area (Å²) in [4.78, 5) is 13.1. The third kappa shape index (κ3) is 2.80. The number of hydrogen-bond donors (Lipinski definition) is 2. The van der Waals surface area contributed by atoms with Crippen LogP contribution in [0.3, 0.4) is 0 Å². The zero-order chi connectivity index (χ0) is 15.8. The van der Waals surface area contributed by atoms with Crippen LogP contribution in [0.2, 0.25) is 5.02 Å². The number of pyridine rings is 1. The summed E-state index contributed by atoms with van der Waals surface area (Å²) >= 11 is 6.03. The SMILES string of the molecule is Nc1cnc2c(c1)CCC(Nc1ncnc3cc(Cl)ccc13)C2. The van der Waals surface area contributed by atoms with Crippen LogP contribution in [-0.4, -0.2) is 21.0 Å². The van der Waals surface area contributed by atoms with Gasteiger partial charge in [-0.05, 0) is 42.7 Å². The van der Waals surface area contributed by atoms with E-state index in [1.165, 1.54) is 5.56 Å². The topological polar surface area (TPSA) is 76.7 Å². The van der Waals surface area contributed by atoms with E-state index in [4.69, 9.17) is 17.3 Å². The van der Waals surface area contributed by atoms with Gasteiger partial charge in [-0.25, -0.2) is 9.97 Å². The fraction of sp³-hybridized carbons (Fsp3) is 0.235. The lowest BCUT2D eigenvalue weighted by Crippen LogP contribution is -2.28. The number of aromatic nitrogens is 3. The predicted octanol–water partition coefficient (Wildman–Crippen LogP) is 3.23. The summed E-state index contributed by atoms with van der Waals surface area (Å²) in [6.45, 7) is 0. The van der Waals surface area contributed by atoms with E-state index < -0.39 is 0 Å². The molecule has 5 nitrogen and oxygen atoms in total. The molecule has 0 aliphatic heterocycles. The van der Waals surface area contributed by atoms with Gasteiger partial charge in [0, 0.05) is 28.6 Å². The highest BCUT2D eigenvalue weighted by Gasteiger charge is 2.20. The van der Waals surface area contributed by atoms with Crippen LogP contribution in [0.15, 0.2) is 36.8 Å². The molecule has 0 saturated heterocycles. The van der Waals surface area contributed by atoms with Crippen molar-refractivity contribution < 1.29 is 0 Å². The first-order chi connectivity index (χ1) is 11.2. The van der Waals surface area contributed by atoms with E-state index in [9.17, 15) is 0 Å². The van der Waals surface area contributed by atoms with Gasteiger partial charge in [-0.15, -0.1) is 0 Å². The zero-order valence-corrected chi connectivity index (χ0v) is 13.2. The minimum atomic E-state index is 0.299. The van der Waals surface area contributed by atoms with Crippen LogP contribution in [0.4, 0.5) is 11.5 Å². The number of nitrogen functional groups attached to an aromatic ring is 1. The summed E-state index contributed by atoms with van der Waals surface area (Å²) in [6, 6.07) is 7.99. The van der Waals surface area contributed by atoms with Gasteiger partial charge >= 0.3 is 0 Å². The van der Waals surface area contributed by atoms with Gasteiger partial charge < -0.3 is 11.1 Å². The fourth-order valence-corrected chi connectivity index (χ4v) is 3.25. The summed E-state index contributed by atoms with van der Waals surface area (Å²) in [5.74, 6) is 0.843. The molecular formula is C17H16ClN5. The average Bonchev–Trinajstić information content (AvgIpc) is 2.55. The van der Waals surface area contributed by atoms with E-state index >= 15 is 0 Å². The number of fused-ring (bicyclic) bond motifs is 2. The number of nitrogens with zero attached hydrogens (tertiary/aromatic N) is 3. The first-order valence-electron chi connectivity index (χ1n) is 7.59. The van der Waals surface area contributed by atoms with Crippen molar-refractivity contribution in [2.45, 2.75) is 25.3 Å². The quantitative estimate of drug-likeness (QED) is 0.756. The molecule has 3 aromatic rings. The molecule has 2 heterocycles. The minimum absolute atomic E-state index is 0.299. The standard InChI is InChI=1S/C17H16ClN5/c18-11-2-4-14-16(6-11)21-9-22-17(14)23-13-3-1-10-5-12(19)8-20-15(10)7-13/h2,4-6,8-9,13H,1,3,7,19H2,(H,21,22,23). The first kappa shape index (κ1) is 14.2. The Kier molecular flexibility index (Phi) is 3.50. The minimum Gasteiger partial charge on any atom is -0.397 e. The maximum Gasteiger partial charge on any atom is 0.137 e. The summed E-state index contributed by atoms with van der Waals surface area (Å²) < 4.78 is 0. The van der Waals surface area contributed by atoms with Gasteiger partial charge in [0.1, 0.15) is 12.1 Å². The fourth-order valence-electron chi connectivity index (χ4n) is 3.08. The molecule has 3 N–H and O–H groups in total. The van der Waals surface area contributed by atoms with Crippen molar-refractivity contribution >= 4 is 34.0 Å². The molecule has 0 saturated carbocycles. The van der Waals surface area contributed by atoms with Gasteiger partial charge in [-0.2, -0.15) is 0 Å². The van der Waals surface area contributed by atoms with Crippen LogP contribution >= 0.6 is 11.6 Å². The monoisotopic (exact) mass is 325 g/mol. The lowest BCUT2D eigenvalue weighted by Gasteiger charge is -2.25. The Morgan fingerprint density at radius 1 is 1.17 bits per heavy atom. The normalized spacial score (nSPS) is 17.0. The van der Waals surface area contributed by atoms with Gasteiger partial charge in [0.15, 0.2) is 0 Å². The van der Waals surface area contributed by atoms with E-state index in [0.29, 0.717) is 11.1 Å². The van der Waals surface area contributed by atoms with Gasteiger partial charge in [0.25, 0.3) is 0 Å². The summed E-state index contributed by atoms with van der Waals surface area (Å²) in [7, 11) is 0. The number of rotatable bonds is 2.